The van der Waals surface area contributed by atoms with Crippen LogP contribution >= 0.6 is 0 Å². The van der Waals surface area contributed by atoms with Gasteiger partial charge in [-0.25, -0.2) is 9.18 Å². The third kappa shape index (κ3) is 2.05. The Hall–Kier alpha value is -2.62. The van der Waals surface area contributed by atoms with Gasteiger partial charge in [-0.05, 0) is 30.3 Å². The maximum atomic E-state index is 14.0. The molecule has 0 saturated heterocycles. The Morgan fingerprint density at radius 1 is 1.05 bits per heavy atom. The van der Waals surface area contributed by atoms with Gasteiger partial charge in [0.15, 0.2) is 0 Å². The first-order chi connectivity index (χ1) is 9.69. The molecular weight excluding hydrogens is 257 g/mol. The van der Waals surface area contributed by atoms with Crippen molar-refractivity contribution < 1.29 is 8.81 Å². The molecule has 20 heavy (non-hydrogen) atoms. The lowest BCUT2D eigenvalue weighted by atomic mass is 10.0. The molecule has 0 aliphatic heterocycles. The molecule has 3 aromatic rings. The van der Waals surface area contributed by atoms with Crippen molar-refractivity contribution in [2.24, 2.45) is 0 Å². The average molecular weight is 269 g/mol. The van der Waals surface area contributed by atoms with Gasteiger partial charge in [-0.15, -0.1) is 0 Å². The molecule has 0 aliphatic carbocycles. The number of hydrogen-bond donors (Lipinski definition) is 1. The summed E-state index contributed by atoms with van der Waals surface area (Å²) in [5.74, 6) is -0.452. The largest absolute Gasteiger partial charge is 0.422 e. The van der Waals surface area contributed by atoms with E-state index in [1.807, 2.05) is 12.1 Å². The normalized spacial score (nSPS) is 10.7. The molecule has 4 heteroatoms. The van der Waals surface area contributed by atoms with Gasteiger partial charge >= 0.3 is 5.63 Å². The lowest BCUT2D eigenvalue weighted by molar-refractivity contribution is 0.561. The minimum Gasteiger partial charge on any atom is -0.422 e. The molecule has 0 atom stereocenters. The molecule has 0 spiro atoms. The molecule has 100 valence electrons. The number of benzene rings is 2. The number of nitrogens with one attached hydrogen (secondary N) is 1. The zero-order valence-electron chi connectivity index (χ0n) is 10.8. The molecule has 2 aromatic carbocycles. The topological polar surface area (TPSA) is 42.2 Å². The summed E-state index contributed by atoms with van der Waals surface area (Å²) in [5.41, 5.74) is 1.13. The Morgan fingerprint density at radius 2 is 1.85 bits per heavy atom. The van der Waals surface area contributed by atoms with Crippen LogP contribution in [-0.2, 0) is 0 Å². The van der Waals surface area contributed by atoms with E-state index in [2.05, 4.69) is 5.32 Å². The van der Waals surface area contributed by atoms with E-state index in [1.165, 1.54) is 6.07 Å². The molecule has 1 heterocycles. The van der Waals surface area contributed by atoms with Crippen molar-refractivity contribution in [3.8, 4) is 11.1 Å². The van der Waals surface area contributed by atoms with E-state index < -0.39 is 11.4 Å². The Balaban J connectivity index is 2.29. The van der Waals surface area contributed by atoms with Gasteiger partial charge in [0.05, 0.1) is 5.56 Å². The van der Waals surface area contributed by atoms with Gasteiger partial charge in [-0.3, -0.25) is 0 Å². The third-order valence-corrected chi connectivity index (χ3v) is 3.19. The fraction of sp³-hybridized carbons (Fsp3) is 0.0625. The maximum Gasteiger partial charge on any atom is 0.344 e. The van der Waals surface area contributed by atoms with Crippen molar-refractivity contribution in [3.05, 3.63) is 64.8 Å². The molecule has 3 nitrogen and oxygen atoms in total. The van der Waals surface area contributed by atoms with Crippen LogP contribution in [0.25, 0.3) is 22.1 Å². The van der Waals surface area contributed by atoms with Crippen LogP contribution in [0.1, 0.15) is 0 Å². The summed E-state index contributed by atoms with van der Waals surface area (Å²) in [4.78, 5) is 12.0. The van der Waals surface area contributed by atoms with E-state index in [9.17, 15) is 9.18 Å². The number of hydrogen-bond acceptors (Lipinski definition) is 3. The number of rotatable bonds is 2. The summed E-state index contributed by atoms with van der Waals surface area (Å²) < 4.78 is 19.2. The summed E-state index contributed by atoms with van der Waals surface area (Å²) in [7, 11) is 1.74. The number of anilines is 1. The zero-order valence-corrected chi connectivity index (χ0v) is 10.8. The second kappa shape index (κ2) is 4.81. The predicted octanol–water partition coefficient (Wildman–Crippen LogP) is 3.64. The molecule has 1 aromatic heterocycles. The van der Waals surface area contributed by atoms with Gasteiger partial charge in [-0.2, -0.15) is 0 Å². The van der Waals surface area contributed by atoms with Crippen molar-refractivity contribution in [3.63, 3.8) is 0 Å². The van der Waals surface area contributed by atoms with Gasteiger partial charge in [0.2, 0.25) is 0 Å². The van der Waals surface area contributed by atoms with Crippen LogP contribution in [0.4, 0.5) is 10.1 Å². The van der Waals surface area contributed by atoms with Crippen molar-refractivity contribution >= 4 is 16.7 Å². The van der Waals surface area contributed by atoms with Crippen LogP contribution in [-0.4, -0.2) is 7.05 Å². The highest BCUT2D eigenvalue weighted by Gasteiger charge is 2.12. The van der Waals surface area contributed by atoms with Crippen molar-refractivity contribution in [2.75, 3.05) is 12.4 Å². The van der Waals surface area contributed by atoms with Gasteiger partial charge in [0.25, 0.3) is 0 Å². The first-order valence-electron chi connectivity index (χ1n) is 6.19. The molecule has 0 radical (unpaired) electrons. The Labute approximate surface area is 114 Å². The number of para-hydroxylation sites is 1. The van der Waals surface area contributed by atoms with E-state index in [4.69, 9.17) is 4.42 Å². The van der Waals surface area contributed by atoms with E-state index in [-0.39, 0.29) is 11.1 Å². The lowest BCUT2D eigenvalue weighted by Gasteiger charge is -2.06. The molecule has 0 bridgehead atoms. The molecule has 1 N–H and O–H groups in total. The second-order valence-electron chi connectivity index (χ2n) is 4.43. The predicted molar refractivity (Wildman–Crippen MR) is 77.4 cm³/mol. The minimum absolute atomic E-state index is 0.221. The first kappa shape index (κ1) is 12.4. The van der Waals surface area contributed by atoms with Gasteiger partial charge in [0.1, 0.15) is 11.4 Å². The Kier molecular flexibility index (Phi) is 2.99. The van der Waals surface area contributed by atoms with Crippen LogP contribution in [0.5, 0.6) is 0 Å². The highest BCUT2D eigenvalue weighted by atomic mass is 19.1. The SMILES string of the molecule is CNc1ccc(F)c(-c2cc3ccccc3oc2=O)c1. The van der Waals surface area contributed by atoms with Crippen LogP contribution in [0.3, 0.4) is 0 Å². The standard InChI is InChI=1S/C16H12FNO2/c1-18-11-6-7-14(17)12(9-11)13-8-10-4-2-3-5-15(10)20-16(13)19/h2-9,18H,1H3. The number of fused-ring (bicyclic) bond motifs is 1. The van der Waals surface area contributed by atoms with E-state index in [1.54, 1.807) is 37.4 Å². The van der Waals surface area contributed by atoms with Crippen molar-refractivity contribution in [1.82, 2.24) is 0 Å². The molecular formula is C16H12FNO2. The highest BCUT2D eigenvalue weighted by molar-refractivity contribution is 5.82. The Bertz CT molecular complexity index is 839. The summed E-state index contributed by atoms with van der Waals surface area (Å²) >= 11 is 0. The van der Waals surface area contributed by atoms with E-state index in [0.29, 0.717) is 5.58 Å². The Morgan fingerprint density at radius 3 is 2.65 bits per heavy atom. The summed E-state index contributed by atoms with van der Waals surface area (Å²) in [5, 5.41) is 3.68. The fourth-order valence-electron chi connectivity index (χ4n) is 2.14. The average Bonchev–Trinajstić information content (AvgIpc) is 2.47. The quantitative estimate of drug-likeness (QED) is 0.722. The van der Waals surface area contributed by atoms with E-state index in [0.717, 1.165) is 11.1 Å². The van der Waals surface area contributed by atoms with Crippen LogP contribution in [0.15, 0.2) is 57.7 Å². The second-order valence-corrected chi connectivity index (χ2v) is 4.43. The van der Waals surface area contributed by atoms with Gasteiger partial charge < -0.3 is 9.73 Å². The molecule has 3 rings (SSSR count). The molecule has 0 amide bonds. The number of halogens is 1. The van der Waals surface area contributed by atoms with Gasteiger partial charge in [-0.1, -0.05) is 18.2 Å². The third-order valence-electron chi connectivity index (χ3n) is 3.19. The summed E-state index contributed by atoms with van der Waals surface area (Å²) in [6.07, 6.45) is 0. The lowest BCUT2D eigenvalue weighted by Crippen LogP contribution is -2.04. The molecule has 0 saturated carbocycles. The van der Waals surface area contributed by atoms with E-state index >= 15 is 0 Å². The maximum absolute atomic E-state index is 14.0. The zero-order chi connectivity index (χ0) is 14.1. The van der Waals surface area contributed by atoms with Crippen molar-refractivity contribution in [1.29, 1.82) is 0 Å². The van der Waals surface area contributed by atoms with Crippen LogP contribution in [0, 0.1) is 5.82 Å². The molecule has 0 aliphatic rings. The van der Waals surface area contributed by atoms with Crippen LogP contribution < -0.4 is 10.9 Å². The fourth-order valence-corrected chi connectivity index (χ4v) is 2.14. The molecule has 0 fully saturated rings. The smallest absolute Gasteiger partial charge is 0.344 e. The van der Waals surface area contributed by atoms with Crippen LogP contribution in [0.2, 0.25) is 0 Å². The summed E-state index contributed by atoms with van der Waals surface area (Å²) in [6, 6.07) is 13.3. The summed E-state index contributed by atoms with van der Waals surface area (Å²) in [6.45, 7) is 0. The monoisotopic (exact) mass is 269 g/mol. The minimum atomic E-state index is -0.546. The van der Waals surface area contributed by atoms with Gasteiger partial charge in [0, 0.05) is 23.7 Å². The molecule has 0 unspecified atom stereocenters. The van der Waals surface area contributed by atoms with Crippen molar-refractivity contribution in [2.45, 2.75) is 0 Å². The first-order valence-corrected chi connectivity index (χ1v) is 6.19. The highest BCUT2D eigenvalue weighted by Crippen LogP contribution is 2.26.